The summed E-state index contributed by atoms with van der Waals surface area (Å²) >= 11 is 0. The molecular weight excluding hydrogens is 653 g/mol. The number of nitrogens with zero attached hydrogens (tertiary/aromatic N) is 2. The SMILES string of the molecule is Cc1cccc(N(c2ccc(C=Cc3ccc(N(c4ccccc4)c4ccc5ccccc5c4)cc3)cc2)c2ccc3c(c2)C(C)(C)c2ccccc2-3)c1. The van der Waals surface area contributed by atoms with Crippen LogP contribution in [0.15, 0.2) is 188 Å². The Morgan fingerprint density at radius 2 is 0.870 bits per heavy atom. The van der Waals surface area contributed by atoms with Gasteiger partial charge >= 0.3 is 0 Å². The van der Waals surface area contributed by atoms with Gasteiger partial charge in [0.05, 0.1) is 0 Å². The van der Waals surface area contributed by atoms with Crippen molar-refractivity contribution in [3.05, 3.63) is 216 Å². The van der Waals surface area contributed by atoms with Gasteiger partial charge < -0.3 is 9.80 Å². The number of fused-ring (bicyclic) bond motifs is 4. The molecule has 1 aliphatic rings. The lowest BCUT2D eigenvalue weighted by atomic mass is 9.82. The van der Waals surface area contributed by atoms with Crippen molar-refractivity contribution in [2.75, 3.05) is 9.80 Å². The Labute approximate surface area is 318 Å². The summed E-state index contributed by atoms with van der Waals surface area (Å²) in [5, 5.41) is 2.47. The number of benzene rings is 8. The second-order valence-corrected chi connectivity index (χ2v) is 14.8. The predicted octanol–water partition coefficient (Wildman–Crippen LogP) is 14.6. The first-order valence-corrected chi connectivity index (χ1v) is 18.8. The standard InChI is InChI=1S/C52H42N2/c1-37-12-11-17-45(34-37)54(47-32-33-49-48-18-9-10-19-50(48)52(2,3)51(49)36-47)44-29-24-39(25-30-44)21-20-38-22-27-43(28-23-38)53(42-15-5-4-6-16-42)46-31-26-40-13-7-8-14-41(40)35-46/h4-36H,1-3H3. The molecular formula is C52H42N2. The quantitative estimate of drug-likeness (QED) is 0.146. The fraction of sp³-hybridized carbons (Fsp3) is 0.0769. The predicted molar refractivity (Wildman–Crippen MR) is 231 cm³/mol. The molecule has 9 rings (SSSR count). The number of hydrogen-bond donors (Lipinski definition) is 0. The van der Waals surface area contributed by atoms with E-state index in [9.17, 15) is 0 Å². The Kier molecular flexibility index (Phi) is 8.44. The van der Waals surface area contributed by atoms with Crippen LogP contribution < -0.4 is 9.80 Å². The van der Waals surface area contributed by atoms with Gasteiger partial charge in [0.15, 0.2) is 0 Å². The lowest BCUT2D eigenvalue weighted by Crippen LogP contribution is -2.16. The van der Waals surface area contributed by atoms with Crippen LogP contribution in [0.5, 0.6) is 0 Å². The first-order valence-electron chi connectivity index (χ1n) is 18.8. The molecule has 0 saturated heterocycles. The summed E-state index contributed by atoms with van der Waals surface area (Å²) in [5.74, 6) is 0. The van der Waals surface area contributed by atoms with E-state index in [1.54, 1.807) is 0 Å². The number of aryl methyl sites for hydroxylation is 1. The zero-order valence-electron chi connectivity index (χ0n) is 30.9. The molecule has 8 aromatic carbocycles. The number of para-hydroxylation sites is 1. The van der Waals surface area contributed by atoms with Crippen molar-refractivity contribution in [3.63, 3.8) is 0 Å². The van der Waals surface area contributed by atoms with Crippen molar-refractivity contribution in [3.8, 4) is 11.1 Å². The molecule has 0 spiro atoms. The molecule has 0 saturated carbocycles. The molecule has 0 unspecified atom stereocenters. The highest BCUT2D eigenvalue weighted by Crippen LogP contribution is 2.50. The first kappa shape index (κ1) is 33.2. The van der Waals surface area contributed by atoms with Gasteiger partial charge in [-0.1, -0.05) is 141 Å². The van der Waals surface area contributed by atoms with Gasteiger partial charge in [-0.05, 0) is 129 Å². The summed E-state index contributed by atoms with van der Waals surface area (Å²) in [6.45, 7) is 6.85. The van der Waals surface area contributed by atoms with E-state index >= 15 is 0 Å². The molecule has 0 bridgehead atoms. The Hall–Kier alpha value is -6.64. The van der Waals surface area contributed by atoms with E-state index in [0.29, 0.717) is 0 Å². The molecule has 0 aliphatic heterocycles. The van der Waals surface area contributed by atoms with Crippen LogP contribution in [0, 0.1) is 6.92 Å². The molecule has 0 radical (unpaired) electrons. The Balaban J connectivity index is 0.997. The van der Waals surface area contributed by atoms with Crippen LogP contribution in [0.1, 0.15) is 41.7 Å². The molecule has 2 nitrogen and oxygen atoms in total. The normalized spacial score (nSPS) is 12.8. The maximum absolute atomic E-state index is 2.40. The van der Waals surface area contributed by atoms with E-state index in [-0.39, 0.29) is 5.41 Å². The summed E-state index contributed by atoms with van der Waals surface area (Å²) < 4.78 is 0. The lowest BCUT2D eigenvalue weighted by molar-refractivity contribution is 0.660. The van der Waals surface area contributed by atoms with Crippen LogP contribution in [0.4, 0.5) is 34.1 Å². The van der Waals surface area contributed by atoms with Crippen molar-refractivity contribution in [2.24, 2.45) is 0 Å². The van der Waals surface area contributed by atoms with Gasteiger partial charge in [0.1, 0.15) is 0 Å². The average Bonchev–Trinajstić information content (AvgIpc) is 3.44. The highest BCUT2D eigenvalue weighted by atomic mass is 15.1. The monoisotopic (exact) mass is 694 g/mol. The van der Waals surface area contributed by atoms with E-state index in [4.69, 9.17) is 0 Å². The molecule has 54 heavy (non-hydrogen) atoms. The van der Waals surface area contributed by atoms with Gasteiger partial charge in [-0.3, -0.25) is 0 Å². The molecule has 0 heterocycles. The van der Waals surface area contributed by atoms with Gasteiger partial charge in [-0.2, -0.15) is 0 Å². The Morgan fingerprint density at radius 1 is 0.370 bits per heavy atom. The maximum atomic E-state index is 2.40. The van der Waals surface area contributed by atoms with Crippen LogP contribution in [0.25, 0.3) is 34.1 Å². The van der Waals surface area contributed by atoms with Crippen LogP contribution in [-0.4, -0.2) is 0 Å². The van der Waals surface area contributed by atoms with Crippen molar-refractivity contribution in [1.29, 1.82) is 0 Å². The largest absolute Gasteiger partial charge is 0.310 e. The molecule has 0 fully saturated rings. The van der Waals surface area contributed by atoms with Crippen LogP contribution >= 0.6 is 0 Å². The van der Waals surface area contributed by atoms with Crippen molar-refractivity contribution >= 4 is 57.0 Å². The maximum Gasteiger partial charge on any atom is 0.0468 e. The highest BCUT2D eigenvalue weighted by Gasteiger charge is 2.35. The van der Waals surface area contributed by atoms with Crippen LogP contribution in [0.2, 0.25) is 0 Å². The molecule has 0 atom stereocenters. The second-order valence-electron chi connectivity index (χ2n) is 14.8. The summed E-state index contributed by atoms with van der Waals surface area (Å²) in [6.07, 6.45) is 4.39. The molecule has 260 valence electrons. The molecule has 1 aliphatic carbocycles. The third-order valence-electron chi connectivity index (χ3n) is 10.9. The highest BCUT2D eigenvalue weighted by molar-refractivity contribution is 5.90. The minimum atomic E-state index is -0.0661. The number of rotatable bonds is 8. The summed E-state index contributed by atoms with van der Waals surface area (Å²) in [6, 6.07) is 68.1. The Morgan fingerprint density at radius 3 is 1.57 bits per heavy atom. The van der Waals surface area contributed by atoms with Crippen molar-refractivity contribution < 1.29 is 0 Å². The molecule has 2 heteroatoms. The molecule has 0 amide bonds. The zero-order valence-corrected chi connectivity index (χ0v) is 30.9. The smallest absolute Gasteiger partial charge is 0.0468 e. The van der Waals surface area contributed by atoms with Gasteiger partial charge in [-0.15, -0.1) is 0 Å². The Bertz CT molecular complexity index is 2630. The summed E-state index contributed by atoms with van der Waals surface area (Å²) in [7, 11) is 0. The number of anilines is 6. The van der Waals surface area contributed by atoms with Gasteiger partial charge in [0.2, 0.25) is 0 Å². The first-order chi connectivity index (χ1) is 26.4. The summed E-state index contributed by atoms with van der Waals surface area (Å²) in [5.41, 5.74) is 15.7. The molecule has 0 N–H and O–H groups in total. The minimum absolute atomic E-state index is 0.0661. The second kappa shape index (κ2) is 13.7. The number of hydrogen-bond acceptors (Lipinski definition) is 2. The van der Waals surface area contributed by atoms with Crippen LogP contribution in [0.3, 0.4) is 0 Å². The van der Waals surface area contributed by atoms with Gasteiger partial charge in [-0.25, -0.2) is 0 Å². The third-order valence-corrected chi connectivity index (χ3v) is 10.9. The lowest BCUT2D eigenvalue weighted by Gasteiger charge is -2.28. The van der Waals surface area contributed by atoms with Crippen LogP contribution in [-0.2, 0) is 5.41 Å². The van der Waals surface area contributed by atoms with Gasteiger partial charge in [0.25, 0.3) is 0 Å². The summed E-state index contributed by atoms with van der Waals surface area (Å²) in [4.78, 5) is 4.70. The molecule has 0 aromatic heterocycles. The minimum Gasteiger partial charge on any atom is -0.310 e. The topological polar surface area (TPSA) is 6.48 Å². The van der Waals surface area contributed by atoms with Gasteiger partial charge in [0, 0.05) is 39.5 Å². The van der Waals surface area contributed by atoms with E-state index in [0.717, 1.165) is 45.3 Å². The van der Waals surface area contributed by atoms with E-state index in [2.05, 4.69) is 231 Å². The van der Waals surface area contributed by atoms with E-state index in [1.807, 2.05) is 0 Å². The molecule has 8 aromatic rings. The average molecular weight is 695 g/mol. The van der Waals surface area contributed by atoms with Crippen molar-refractivity contribution in [1.82, 2.24) is 0 Å². The van der Waals surface area contributed by atoms with E-state index in [1.165, 1.54) is 38.6 Å². The van der Waals surface area contributed by atoms with Crippen molar-refractivity contribution in [2.45, 2.75) is 26.2 Å². The van der Waals surface area contributed by atoms with E-state index < -0.39 is 0 Å². The third kappa shape index (κ3) is 6.16. The fourth-order valence-electron chi connectivity index (χ4n) is 8.05. The zero-order chi connectivity index (χ0) is 36.6. The fourth-order valence-corrected chi connectivity index (χ4v) is 8.05.